The minimum Gasteiger partial charge on any atom is -0.313 e. The predicted molar refractivity (Wildman–Crippen MR) is 92.8 cm³/mol. The number of benzene rings is 1. The Morgan fingerprint density at radius 2 is 1.70 bits per heavy atom. The van der Waals surface area contributed by atoms with E-state index >= 15 is 0 Å². The monoisotopic (exact) mass is 293 g/mol. The van der Waals surface area contributed by atoms with Gasteiger partial charge in [-0.15, -0.1) is 11.8 Å². The van der Waals surface area contributed by atoms with E-state index in [0.29, 0.717) is 11.3 Å². The third-order valence-corrected chi connectivity index (χ3v) is 4.95. The van der Waals surface area contributed by atoms with E-state index in [0.717, 1.165) is 6.54 Å². The highest BCUT2D eigenvalue weighted by atomic mass is 32.2. The SMILES string of the molecule is CCCNC(CC)C(C)Sc1ccc(C(C)(C)C)cc1. The van der Waals surface area contributed by atoms with Crippen molar-refractivity contribution in [1.29, 1.82) is 0 Å². The molecule has 0 amide bonds. The zero-order valence-electron chi connectivity index (χ0n) is 14.0. The van der Waals surface area contributed by atoms with Crippen molar-refractivity contribution in [3.05, 3.63) is 29.8 Å². The van der Waals surface area contributed by atoms with Crippen molar-refractivity contribution in [2.24, 2.45) is 0 Å². The maximum absolute atomic E-state index is 3.65. The Morgan fingerprint density at radius 1 is 1.10 bits per heavy atom. The van der Waals surface area contributed by atoms with E-state index in [1.807, 2.05) is 11.8 Å². The van der Waals surface area contributed by atoms with Gasteiger partial charge in [-0.2, -0.15) is 0 Å². The van der Waals surface area contributed by atoms with E-state index in [4.69, 9.17) is 0 Å². The molecule has 2 atom stereocenters. The minimum atomic E-state index is 0.240. The van der Waals surface area contributed by atoms with Gasteiger partial charge >= 0.3 is 0 Å². The first-order chi connectivity index (χ1) is 9.38. The molecule has 20 heavy (non-hydrogen) atoms. The summed E-state index contributed by atoms with van der Waals surface area (Å²) in [6, 6.07) is 9.69. The lowest BCUT2D eigenvalue weighted by atomic mass is 9.87. The van der Waals surface area contributed by atoms with Crippen LogP contribution in [0, 0.1) is 0 Å². The van der Waals surface area contributed by atoms with E-state index in [-0.39, 0.29) is 5.41 Å². The Labute approximate surface area is 129 Å². The molecule has 0 heterocycles. The maximum atomic E-state index is 3.65. The minimum absolute atomic E-state index is 0.240. The van der Waals surface area contributed by atoms with Crippen molar-refractivity contribution in [1.82, 2.24) is 5.32 Å². The molecule has 2 unspecified atom stereocenters. The third-order valence-electron chi connectivity index (χ3n) is 3.71. The molecule has 0 saturated heterocycles. The molecule has 0 aromatic heterocycles. The third kappa shape index (κ3) is 5.49. The van der Waals surface area contributed by atoms with Crippen LogP contribution in [-0.4, -0.2) is 17.8 Å². The zero-order chi connectivity index (χ0) is 15.2. The van der Waals surface area contributed by atoms with E-state index in [1.165, 1.54) is 23.3 Å². The van der Waals surface area contributed by atoms with E-state index < -0.39 is 0 Å². The quantitative estimate of drug-likeness (QED) is 0.690. The van der Waals surface area contributed by atoms with Crippen LogP contribution in [0.4, 0.5) is 0 Å². The van der Waals surface area contributed by atoms with Crippen molar-refractivity contribution in [3.63, 3.8) is 0 Å². The van der Waals surface area contributed by atoms with E-state index in [9.17, 15) is 0 Å². The second kappa shape index (κ2) is 8.09. The summed E-state index contributed by atoms with van der Waals surface area (Å²) in [4.78, 5) is 1.38. The fraction of sp³-hybridized carbons (Fsp3) is 0.667. The highest BCUT2D eigenvalue weighted by Gasteiger charge is 2.17. The average molecular weight is 294 g/mol. The maximum Gasteiger partial charge on any atom is 0.0220 e. The lowest BCUT2D eigenvalue weighted by Gasteiger charge is -2.24. The van der Waals surface area contributed by atoms with Crippen molar-refractivity contribution < 1.29 is 0 Å². The molecule has 0 fully saturated rings. The van der Waals surface area contributed by atoms with Gasteiger partial charge in [-0.25, -0.2) is 0 Å². The molecule has 1 aromatic carbocycles. The standard InChI is InChI=1S/C18H31NS/c1-7-13-19-17(8-2)14(3)20-16-11-9-15(10-12-16)18(4,5)6/h9-12,14,17,19H,7-8,13H2,1-6H3. The van der Waals surface area contributed by atoms with Gasteiger partial charge in [-0.05, 0) is 42.5 Å². The van der Waals surface area contributed by atoms with Gasteiger partial charge in [0.1, 0.15) is 0 Å². The van der Waals surface area contributed by atoms with Gasteiger partial charge in [0, 0.05) is 16.2 Å². The smallest absolute Gasteiger partial charge is 0.0220 e. The summed E-state index contributed by atoms with van der Waals surface area (Å²) >= 11 is 1.98. The Kier molecular flexibility index (Phi) is 7.11. The van der Waals surface area contributed by atoms with Crippen molar-refractivity contribution in [2.45, 2.75) is 76.0 Å². The first-order valence-corrected chi connectivity index (χ1v) is 8.77. The van der Waals surface area contributed by atoms with Crippen molar-refractivity contribution in [3.8, 4) is 0 Å². The van der Waals surface area contributed by atoms with Gasteiger partial charge in [-0.1, -0.05) is 53.7 Å². The Balaban J connectivity index is 2.63. The van der Waals surface area contributed by atoms with Gasteiger partial charge in [0.2, 0.25) is 0 Å². The molecule has 0 aliphatic rings. The fourth-order valence-corrected chi connectivity index (χ4v) is 3.48. The van der Waals surface area contributed by atoms with Crippen LogP contribution in [-0.2, 0) is 5.41 Å². The molecule has 0 aliphatic heterocycles. The van der Waals surface area contributed by atoms with Crippen molar-refractivity contribution in [2.75, 3.05) is 6.54 Å². The summed E-state index contributed by atoms with van der Waals surface area (Å²) in [5, 5.41) is 4.26. The molecule has 1 nitrogen and oxygen atoms in total. The van der Waals surface area contributed by atoms with Crippen LogP contribution in [0.25, 0.3) is 0 Å². The molecule has 1 aromatic rings. The summed E-state index contributed by atoms with van der Waals surface area (Å²) in [7, 11) is 0. The summed E-state index contributed by atoms with van der Waals surface area (Å²) in [5.74, 6) is 0. The van der Waals surface area contributed by atoms with Crippen LogP contribution in [0.15, 0.2) is 29.2 Å². The van der Waals surface area contributed by atoms with Crippen LogP contribution < -0.4 is 5.32 Å². The molecule has 114 valence electrons. The topological polar surface area (TPSA) is 12.0 Å². The predicted octanol–water partition coefficient (Wildman–Crippen LogP) is 5.24. The lowest BCUT2D eigenvalue weighted by Crippen LogP contribution is -2.36. The summed E-state index contributed by atoms with van der Waals surface area (Å²) in [6.45, 7) is 14.7. The molecular formula is C18H31NS. The largest absolute Gasteiger partial charge is 0.313 e. The van der Waals surface area contributed by atoms with Gasteiger partial charge in [0.15, 0.2) is 0 Å². The van der Waals surface area contributed by atoms with Crippen LogP contribution in [0.3, 0.4) is 0 Å². The Bertz CT molecular complexity index is 377. The molecule has 1 N–H and O–H groups in total. The van der Waals surface area contributed by atoms with E-state index in [1.54, 1.807) is 0 Å². The fourth-order valence-electron chi connectivity index (χ4n) is 2.30. The number of hydrogen-bond donors (Lipinski definition) is 1. The molecule has 0 saturated carbocycles. The number of rotatable bonds is 7. The highest BCUT2D eigenvalue weighted by Crippen LogP contribution is 2.29. The van der Waals surface area contributed by atoms with Gasteiger partial charge in [-0.3, -0.25) is 0 Å². The molecule has 0 radical (unpaired) electrons. The molecule has 2 heteroatoms. The summed E-state index contributed by atoms with van der Waals surface area (Å²) in [5.41, 5.74) is 1.65. The molecule has 0 spiro atoms. The van der Waals surface area contributed by atoms with E-state index in [2.05, 4.69) is 71.1 Å². The molecule has 0 aliphatic carbocycles. The number of thioether (sulfide) groups is 1. The van der Waals surface area contributed by atoms with Gasteiger partial charge < -0.3 is 5.32 Å². The van der Waals surface area contributed by atoms with Crippen LogP contribution in [0.2, 0.25) is 0 Å². The van der Waals surface area contributed by atoms with Crippen LogP contribution in [0.1, 0.15) is 59.9 Å². The first kappa shape index (κ1) is 17.6. The number of hydrogen-bond acceptors (Lipinski definition) is 2. The zero-order valence-corrected chi connectivity index (χ0v) is 14.8. The van der Waals surface area contributed by atoms with Gasteiger partial charge in [0.25, 0.3) is 0 Å². The average Bonchev–Trinajstić information content (AvgIpc) is 2.39. The lowest BCUT2D eigenvalue weighted by molar-refractivity contribution is 0.494. The van der Waals surface area contributed by atoms with Crippen LogP contribution in [0.5, 0.6) is 0 Å². The van der Waals surface area contributed by atoms with Crippen LogP contribution >= 0.6 is 11.8 Å². The second-order valence-corrected chi connectivity index (χ2v) is 8.02. The molecule has 1 rings (SSSR count). The Hall–Kier alpha value is -0.470. The first-order valence-electron chi connectivity index (χ1n) is 7.89. The second-order valence-electron chi connectivity index (χ2n) is 6.57. The van der Waals surface area contributed by atoms with Gasteiger partial charge in [0.05, 0.1) is 0 Å². The van der Waals surface area contributed by atoms with Crippen molar-refractivity contribution >= 4 is 11.8 Å². The molecule has 0 bridgehead atoms. The summed E-state index contributed by atoms with van der Waals surface area (Å²) in [6.07, 6.45) is 2.39. The molecular weight excluding hydrogens is 262 g/mol. The number of nitrogens with one attached hydrogen (secondary N) is 1. The normalized spacial score (nSPS) is 15.1. The Morgan fingerprint density at radius 3 is 2.15 bits per heavy atom. The highest BCUT2D eigenvalue weighted by molar-refractivity contribution is 8.00. The summed E-state index contributed by atoms with van der Waals surface area (Å²) < 4.78 is 0.